The van der Waals surface area contributed by atoms with Gasteiger partial charge in [-0.25, -0.2) is 4.39 Å². The van der Waals surface area contributed by atoms with Gasteiger partial charge in [0.05, 0.1) is 0 Å². The average molecular weight is 285 g/mol. The molecule has 0 spiro atoms. The number of rotatable bonds is 7. The third-order valence-corrected chi connectivity index (χ3v) is 3.90. The Hall–Kier alpha value is -1.67. The number of nitrogens with one attached hydrogen (secondary N) is 1. The van der Waals surface area contributed by atoms with Crippen LogP contribution in [0.2, 0.25) is 0 Å². The molecule has 1 nitrogen and oxygen atoms in total. The first-order valence-corrected chi connectivity index (χ1v) is 7.67. The van der Waals surface area contributed by atoms with E-state index in [2.05, 4.69) is 42.6 Å². The summed E-state index contributed by atoms with van der Waals surface area (Å²) in [7, 11) is 0. The minimum absolute atomic E-state index is 0.152. The van der Waals surface area contributed by atoms with E-state index in [0.29, 0.717) is 6.04 Å². The number of hydrogen-bond acceptors (Lipinski definition) is 1. The summed E-state index contributed by atoms with van der Waals surface area (Å²) < 4.78 is 13.0. The van der Waals surface area contributed by atoms with Gasteiger partial charge >= 0.3 is 0 Å². The Morgan fingerprint density at radius 1 is 1.05 bits per heavy atom. The van der Waals surface area contributed by atoms with Crippen molar-refractivity contribution in [2.45, 2.75) is 39.2 Å². The van der Waals surface area contributed by atoms with Crippen LogP contribution in [0, 0.1) is 12.7 Å². The molecule has 1 atom stereocenters. The van der Waals surface area contributed by atoms with Gasteiger partial charge < -0.3 is 5.32 Å². The largest absolute Gasteiger partial charge is 0.314 e. The van der Waals surface area contributed by atoms with Crippen molar-refractivity contribution >= 4 is 0 Å². The fourth-order valence-corrected chi connectivity index (χ4v) is 2.52. The predicted molar refractivity (Wildman–Crippen MR) is 87.1 cm³/mol. The molecule has 0 bridgehead atoms. The summed E-state index contributed by atoms with van der Waals surface area (Å²) in [5.41, 5.74) is 3.65. The normalized spacial score (nSPS) is 12.3. The second-order valence-electron chi connectivity index (χ2n) is 5.70. The Bertz CT molecular complexity index is 551. The first kappa shape index (κ1) is 15.7. The lowest BCUT2D eigenvalue weighted by Crippen LogP contribution is -2.28. The van der Waals surface area contributed by atoms with Crippen molar-refractivity contribution in [3.05, 3.63) is 71.0 Å². The maximum atomic E-state index is 13.0. The molecule has 0 aliphatic rings. The van der Waals surface area contributed by atoms with Crippen LogP contribution in [-0.4, -0.2) is 12.6 Å². The fourth-order valence-electron chi connectivity index (χ4n) is 2.52. The monoisotopic (exact) mass is 285 g/mol. The molecule has 2 heteroatoms. The molecule has 21 heavy (non-hydrogen) atoms. The van der Waals surface area contributed by atoms with Gasteiger partial charge in [-0.3, -0.25) is 0 Å². The van der Waals surface area contributed by atoms with Crippen molar-refractivity contribution in [1.82, 2.24) is 5.32 Å². The van der Waals surface area contributed by atoms with Gasteiger partial charge in [0.1, 0.15) is 5.82 Å². The smallest absolute Gasteiger partial charge is 0.123 e. The fraction of sp³-hybridized carbons (Fsp3) is 0.368. The van der Waals surface area contributed by atoms with Crippen molar-refractivity contribution in [2.24, 2.45) is 0 Å². The van der Waals surface area contributed by atoms with Crippen LogP contribution < -0.4 is 5.32 Å². The van der Waals surface area contributed by atoms with Gasteiger partial charge in [0.25, 0.3) is 0 Å². The minimum atomic E-state index is -0.152. The second-order valence-corrected chi connectivity index (χ2v) is 5.70. The molecular weight excluding hydrogens is 261 g/mol. The first-order valence-electron chi connectivity index (χ1n) is 7.67. The van der Waals surface area contributed by atoms with E-state index in [4.69, 9.17) is 0 Å². The Balaban J connectivity index is 1.70. The van der Waals surface area contributed by atoms with E-state index < -0.39 is 0 Å². The first-order chi connectivity index (χ1) is 10.1. The summed E-state index contributed by atoms with van der Waals surface area (Å²) in [5, 5.41) is 3.55. The van der Waals surface area contributed by atoms with E-state index in [1.807, 2.05) is 13.0 Å². The predicted octanol–water partition coefficient (Wildman–Crippen LogP) is 4.29. The highest BCUT2D eigenvalue weighted by atomic mass is 19.1. The Morgan fingerprint density at radius 3 is 2.52 bits per heavy atom. The third kappa shape index (κ3) is 5.31. The molecule has 0 fully saturated rings. The molecule has 1 N–H and O–H groups in total. The highest BCUT2D eigenvalue weighted by Gasteiger charge is 2.04. The van der Waals surface area contributed by atoms with Crippen LogP contribution in [0.1, 0.15) is 30.0 Å². The lowest BCUT2D eigenvalue weighted by molar-refractivity contribution is 0.517. The molecule has 2 rings (SSSR count). The highest BCUT2D eigenvalue weighted by Crippen LogP contribution is 2.10. The zero-order valence-electron chi connectivity index (χ0n) is 12.9. The van der Waals surface area contributed by atoms with Crippen molar-refractivity contribution < 1.29 is 4.39 Å². The average Bonchev–Trinajstić information content (AvgIpc) is 2.48. The maximum absolute atomic E-state index is 13.0. The van der Waals surface area contributed by atoms with Gasteiger partial charge in [-0.15, -0.1) is 0 Å². The van der Waals surface area contributed by atoms with Crippen LogP contribution in [-0.2, 0) is 12.8 Å². The van der Waals surface area contributed by atoms with Crippen LogP contribution in [0.5, 0.6) is 0 Å². The summed E-state index contributed by atoms with van der Waals surface area (Å²) in [4.78, 5) is 0. The lowest BCUT2D eigenvalue weighted by Gasteiger charge is -2.14. The zero-order chi connectivity index (χ0) is 15.1. The van der Waals surface area contributed by atoms with Gasteiger partial charge in [-0.05, 0) is 68.5 Å². The molecular formula is C19H24FN. The maximum Gasteiger partial charge on any atom is 0.123 e. The van der Waals surface area contributed by atoms with E-state index in [1.54, 1.807) is 12.1 Å². The summed E-state index contributed by atoms with van der Waals surface area (Å²) >= 11 is 0. The molecule has 0 radical (unpaired) electrons. The standard InChI is InChI=1S/C19H24FN/c1-15-14-19(20)11-10-18(15)12-13-21-16(2)8-9-17-6-4-3-5-7-17/h3-7,10-11,14,16,21H,8-9,12-13H2,1-2H3. The van der Waals surface area contributed by atoms with Gasteiger partial charge in [0, 0.05) is 6.04 Å². The van der Waals surface area contributed by atoms with E-state index >= 15 is 0 Å². The van der Waals surface area contributed by atoms with Crippen LogP contribution in [0.4, 0.5) is 4.39 Å². The van der Waals surface area contributed by atoms with Crippen LogP contribution >= 0.6 is 0 Å². The molecule has 0 saturated heterocycles. The van der Waals surface area contributed by atoms with Crippen molar-refractivity contribution in [3.8, 4) is 0 Å². The molecule has 0 aromatic heterocycles. The van der Waals surface area contributed by atoms with Crippen molar-refractivity contribution in [2.75, 3.05) is 6.54 Å². The minimum Gasteiger partial charge on any atom is -0.314 e. The van der Waals surface area contributed by atoms with E-state index in [-0.39, 0.29) is 5.82 Å². The topological polar surface area (TPSA) is 12.0 Å². The molecule has 0 heterocycles. The van der Waals surface area contributed by atoms with Gasteiger partial charge in [0.15, 0.2) is 0 Å². The van der Waals surface area contributed by atoms with Crippen molar-refractivity contribution in [3.63, 3.8) is 0 Å². The number of hydrogen-bond donors (Lipinski definition) is 1. The number of benzene rings is 2. The lowest BCUT2D eigenvalue weighted by atomic mass is 10.0. The Labute approximate surface area is 127 Å². The molecule has 1 unspecified atom stereocenters. The van der Waals surface area contributed by atoms with E-state index in [1.165, 1.54) is 11.1 Å². The zero-order valence-corrected chi connectivity index (χ0v) is 12.9. The highest BCUT2D eigenvalue weighted by molar-refractivity contribution is 5.26. The van der Waals surface area contributed by atoms with E-state index in [9.17, 15) is 4.39 Å². The second kappa shape index (κ2) is 7.94. The summed E-state index contributed by atoms with van der Waals surface area (Å²) in [6, 6.07) is 16.1. The molecule has 0 aliphatic heterocycles. The van der Waals surface area contributed by atoms with Crippen LogP contribution in [0.25, 0.3) is 0 Å². The summed E-state index contributed by atoms with van der Waals surface area (Å²) in [5.74, 6) is -0.152. The number of aryl methyl sites for hydroxylation is 2. The van der Waals surface area contributed by atoms with Gasteiger partial charge in [-0.2, -0.15) is 0 Å². The molecule has 0 amide bonds. The van der Waals surface area contributed by atoms with Gasteiger partial charge in [-0.1, -0.05) is 36.4 Å². The SMILES string of the molecule is Cc1cc(F)ccc1CCNC(C)CCc1ccccc1. The van der Waals surface area contributed by atoms with Crippen molar-refractivity contribution in [1.29, 1.82) is 0 Å². The molecule has 0 saturated carbocycles. The van der Waals surface area contributed by atoms with Crippen LogP contribution in [0.3, 0.4) is 0 Å². The summed E-state index contributed by atoms with van der Waals surface area (Å²) in [6.45, 7) is 5.13. The van der Waals surface area contributed by atoms with Gasteiger partial charge in [0.2, 0.25) is 0 Å². The Morgan fingerprint density at radius 2 is 1.81 bits per heavy atom. The van der Waals surface area contributed by atoms with E-state index in [0.717, 1.165) is 31.4 Å². The quantitative estimate of drug-likeness (QED) is 0.800. The number of halogens is 1. The van der Waals surface area contributed by atoms with Crippen LogP contribution in [0.15, 0.2) is 48.5 Å². The third-order valence-electron chi connectivity index (χ3n) is 3.90. The summed E-state index contributed by atoms with van der Waals surface area (Å²) in [6.07, 6.45) is 3.18. The molecule has 2 aromatic carbocycles. The molecule has 0 aliphatic carbocycles. The Kier molecular flexibility index (Phi) is 5.94. The molecule has 2 aromatic rings. The molecule has 112 valence electrons.